The van der Waals surface area contributed by atoms with E-state index in [4.69, 9.17) is 4.74 Å². The number of carbonyl (C=O) groups is 2. The summed E-state index contributed by atoms with van der Waals surface area (Å²) in [7, 11) is 0. The minimum absolute atomic E-state index is 0.0643. The fourth-order valence-electron chi connectivity index (χ4n) is 2.28. The lowest BCUT2D eigenvalue weighted by Crippen LogP contribution is -2.31. The van der Waals surface area contributed by atoms with E-state index in [-0.39, 0.29) is 17.8 Å². The summed E-state index contributed by atoms with van der Waals surface area (Å²) in [4.78, 5) is 26.7. The molecular weight excluding hydrogens is 256 g/mol. The molecule has 2 N–H and O–H groups in total. The predicted octanol–water partition coefficient (Wildman–Crippen LogP) is 2.15. The van der Waals surface area contributed by atoms with E-state index < -0.39 is 0 Å². The monoisotopic (exact) mass is 278 g/mol. The lowest BCUT2D eigenvalue weighted by Gasteiger charge is -2.09. The molecule has 1 atom stereocenters. The molecule has 2 heterocycles. The quantitative estimate of drug-likeness (QED) is 0.783. The Balaban J connectivity index is 1.87. The van der Waals surface area contributed by atoms with Crippen molar-refractivity contribution in [3.8, 4) is 0 Å². The number of H-pyrrole nitrogens is 1. The molecule has 1 aromatic rings. The first-order chi connectivity index (χ1) is 9.56. The molecule has 1 amide bonds. The van der Waals surface area contributed by atoms with Crippen molar-refractivity contribution in [3.63, 3.8) is 0 Å². The molecule has 0 saturated carbocycles. The third-order valence-corrected chi connectivity index (χ3v) is 3.36. The Morgan fingerprint density at radius 2 is 2.30 bits per heavy atom. The van der Waals surface area contributed by atoms with Crippen LogP contribution in [0.4, 0.5) is 0 Å². The van der Waals surface area contributed by atoms with E-state index in [9.17, 15) is 9.59 Å². The van der Waals surface area contributed by atoms with Crippen LogP contribution >= 0.6 is 0 Å². The molecule has 1 unspecified atom stereocenters. The van der Waals surface area contributed by atoms with Crippen molar-refractivity contribution in [1.29, 1.82) is 0 Å². The van der Waals surface area contributed by atoms with E-state index in [1.165, 1.54) is 0 Å². The van der Waals surface area contributed by atoms with Gasteiger partial charge in [0.25, 0.3) is 5.91 Å². The standard InChI is InChI=1S/C15H22N2O3/c1-10(2)6-14(18)11-7-13(16-8-11)15(19)17-9-12-4-3-5-20-12/h7-8,10,12,16H,3-6,9H2,1-2H3,(H,17,19). The molecule has 0 aliphatic carbocycles. The number of amides is 1. The normalized spacial score (nSPS) is 18.4. The Morgan fingerprint density at radius 3 is 2.95 bits per heavy atom. The van der Waals surface area contributed by atoms with Gasteiger partial charge in [-0.2, -0.15) is 0 Å². The van der Waals surface area contributed by atoms with Crippen LogP contribution in [0.3, 0.4) is 0 Å². The Hall–Kier alpha value is -1.62. The van der Waals surface area contributed by atoms with Crippen molar-refractivity contribution in [2.45, 2.75) is 39.2 Å². The first kappa shape index (κ1) is 14.8. The molecule has 0 radical (unpaired) electrons. The van der Waals surface area contributed by atoms with Crippen LogP contribution in [0.5, 0.6) is 0 Å². The number of aromatic nitrogens is 1. The number of Topliss-reactive ketones (excluding diaryl/α,β-unsaturated/α-hetero) is 1. The maximum atomic E-state index is 12.0. The SMILES string of the molecule is CC(C)CC(=O)c1c[nH]c(C(=O)NCC2CCCO2)c1. The van der Waals surface area contributed by atoms with Gasteiger partial charge in [-0.15, -0.1) is 0 Å². The van der Waals surface area contributed by atoms with Crippen LogP contribution in [-0.2, 0) is 4.74 Å². The van der Waals surface area contributed by atoms with Crippen molar-refractivity contribution in [1.82, 2.24) is 10.3 Å². The molecule has 1 aromatic heterocycles. The van der Waals surface area contributed by atoms with Crippen LogP contribution in [0.25, 0.3) is 0 Å². The summed E-state index contributed by atoms with van der Waals surface area (Å²) in [5.41, 5.74) is 0.996. The second-order valence-corrected chi connectivity index (χ2v) is 5.67. The molecule has 0 spiro atoms. The number of hydrogen-bond acceptors (Lipinski definition) is 3. The topological polar surface area (TPSA) is 71.2 Å². The molecule has 110 valence electrons. The van der Waals surface area contributed by atoms with Gasteiger partial charge in [-0.3, -0.25) is 9.59 Å². The van der Waals surface area contributed by atoms with E-state index in [1.807, 2.05) is 13.8 Å². The molecule has 5 nitrogen and oxygen atoms in total. The molecule has 1 fully saturated rings. The van der Waals surface area contributed by atoms with Crippen LogP contribution in [0.2, 0.25) is 0 Å². The molecule has 0 aromatic carbocycles. The maximum absolute atomic E-state index is 12.0. The Labute approximate surface area is 119 Å². The van der Waals surface area contributed by atoms with Crippen LogP contribution in [0.1, 0.15) is 54.0 Å². The van der Waals surface area contributed by atoms with Gasteiger partial charge >= 0.3 is 0 Å². The van der Waals surface area contributed by atoms with E-state index in [1.54, 1.807) is 12.3 Å². The van der Waals surface area contributed by atoms with Crippen molar-refractivity contribution < 1.29 is 14.3 Å². The van der Waals surface area contributed by atoms with Gasteiger partial charge in [0.15, 0.2) is 5.78 Å². The fraction of sp³-hybridized carbons (Fsp3) is 0.600. The molecule has 5 heteroatoms. The molecule has 0 bridgehead atoms. The summed E-state index contributed by atoms with van der Waals surface area (Å²) in [5.74, 6) is 0.188. The largest absolute Gasteiger partial charge is 0.376 e. The minimum atomic E-state index is -0.191. The average Bonchev–Trinajstić information content (AvgIpc) is 3.06. The number of hydrogen-bond donors (Lipinski definition) is 2. The van der Waals surface area contributed by atoms with Gasteiger partial charge in [0.1, 0.15) is 5.69 Å². The van der Waals surface area contributed by atoms with E-state index >= 15 is 0 Å². The summed E-state index contributed by atoms with van der Waals surface area (Å²) in [6, 6.07) is 1.62. The van der Waals surface area contributed by atoms with E-state index in [0.717, 1.165) is 19.4 Å². The minimum Gasteiger partial charge on any atom is -0.376 e. The number of aromatic amines is 1. The third kappa shape index (κ3) is 3.93. The second kappa shape index (κ2) is 6.70. The molecule has 1 aliphatic rings. The number of nitrogens with one attached hydrogen (secondary N) is 2. The van der Waals surface area contributed by atoms with Gasteiger partial charge < -0.3 is 15.0 Å². The highest BCUT2D eigenvalue weighted by Crippen LogP contribution is 2.12. The number of carbonyl (C=O) groups excluding carboxylic acids is 2. The Morgan fingerprint density at radius 1 is 1.50 bits per heavy atom. The zero-order valence-corrected chi connectivity index (χ0v) is 12.1. The Bertz CT molecular complexity index is 473. The summed E-state index contributed by atoms with van der Waals surface area (Å²) in [5, 5.41) is 2.83. The maximum Gasteiger partial charge on any atom is 0.267 e. The van der Waals surface area contributed by atoms with Crippen LogP contribution in [0.15, 0.2) is 12.3 Å². The average molecular weight is 278 g/mol. The number of rotatable bonds is 6. The predicted molar refractivity (Wildman–Crippen MR) is 75.9 cm³/mol. The van der Waals surface area contributed by atoms with E-state index in [0.29, 0.717) is 30.1 Å². The summed E-state index contributed by atoms with van der Waals surface area (Å²) >= 11 is 0. The van der Waals surface area contributed by atoms with Gasteiger partial charge in [-0.25, -0.2) is 0 Å². The van der Waals surface area contributed by atoms with Crippen molar-refractivity contribution >= 4 is 11.7 Å². The van der Waals surface area contributed by atoms with Crippen LogP contribution in [0, 0.1) is 5.92 Å². The van der Waals surface area contributed by atoms with Crippen molar-refractivity contribution in [2.75, 3.05) is 13.2 Å². The van der Waals surface area contributed by atoms with Gasteiger partial charge in [0.2, 0.25) is 0 Å². The smallest absolute Gasteiger partial charge is 0.267 e. The van der Waals surface area contributed by atoms with Crippen LogP contribution < -0.4 is 5.32 Å². The highest BCUT2D eigenvalue weighted by atomic mass is 16.5. The first-order valence-electron chi connectivity index (χ1n) is 7.17. The lowest BCUT2D eigenvalue weighted by atomic mass is 10.0. The van der Waals surface area contributed by atoms with Gasteiger partial charge in [0.05, 0.1) is 6.10 Å². The zero-order valence-electron chi connectivity index (χ0n) is 12.1. The first-order valence-corrected chi connectivity index (χ1v) is 7.17. The second-order valence-electron chi connectivity index (χ2n) is 5.67. The summed E-state index contributed by atoms with van der Waals surface area (Å²) in [6.45, 7) is 5.30. The third-order valence-electron chi connectivity index (χ3n) is 3.36. The summed E-state index contributed by atoms with van der Waals surface area (Å²) in [6.07, 6.45) is 4.26. The molecular formula is C15H22N2O3. The van der Waals surface area contributed by atoms with Gasteiger partial charge in [0, 0.05) is 31.3 Å². The van der Waals surface area contributed by atoms with Gasteiger partial charge in [-0.05, 0) is 24.8 Å². The van der Waals surface area contributed by atoms with Crippen molar-refractivity contribution in [3.05, 3.63) is 23.5 Å². The molecule has 1 aliphatic heterocycles. The lowest BCUT2D eigenvalue weighted by molar-refractivity contribution is 0.0854. The fourth-order valence-corrected chi connectivity index (χ4v) is 2.28. The van der Waals surface area contributed by atoms with E-state index in [2.05, 4.69) is 10.3 Å². The summed E-state index contributed by atoms with van der Waals surface area (Å²) < 4.78 is 5.45. The Kier molecular flexibility index (Phi) is 4.95. The molecule has 1 saturated heterocycles. The molecule has 20 heavy (non-hydrogen) atoms. The van der Waals surface area contributed by atoms with Gasteiger partial charge in [-0.1, -0.05) is 13.8 Å². The highest BCUT2D eigenvalue weighted by Gasteiger charge is 2.18. The highest BCUT2D eigenvalue weighted by molar-refractivity contribution is 6.00. The van der Waals surface area contributed by atoms with Crippen molar-refractivity contribution in [2.24, 2.45) is 5.92 Å². The van der Waals surface area contributed by atoms with Crippen LogP contribution in [-0.4, -0.2) is 35.9 Å². The number of ether oxygens (including phenoxy) is 1. The molecule has 2 rings (SSSR count). The zero-order chi connectivity index (χ0) is 14.5. The number of ketones is 1.